The standard InChI is InChI=1S/C33H40IN3O5/c1-6-11-25(7-2)23-41-28-13-12-27(22-24(28)5)31(38)29-30(26-14-16-35-17-15-26)37(33(39)32(29)42-34)19-10-18-36(8-3)20-21-40-9-4/h6-7,11-17,22,30H,1-2,8-10,18-21,23H2,3-5H3/b25-11+. The van der Waals surface area contributed by atoms with Gasteiger partial charge in [-0.1, -0.05) is 38.3 Å². The minimum Gasteiger partial charge on any atom is -0.489 e. The average molecular weight is 686 g/mol. The molecule has 8 nitrogen and oxygen atoms in total. The van der Waals surface area contributed by atoms with Crippen LogP contribution >= 0.6 is 23.0 Å². The number of Topliss-reactive ketones (excluding diaryl/α,β-unsaturated/α-hetero) is 1. The summed E-state index contributed by atoms with van der Waals surface area (Å²) in [6.07, 6.45) is 9.32. The molecule has 224 valence electrons. The number of ether oxygens (including phenoxy) is 2. The molecule has 3 rings (SSSR count). The van der Waals surface area contributed by atoms with Crippen LogP contribution in [0, 0.1) is 6.92 Å². The number of carbonyl (C=O) groups excluding carboxylic acids is 2. The number of halogens is 1. The van der Waals surface area contributed by atoms with Gasteiger partial charge in [0, 0.05) is 37.7 Å². The molecule has 1 atom stereocenters. The maximum Gasteiger partial charge on any atom is 0.291 e. The number of benzene rings is 1. The molecule has 1 aliphatic heterocycles. The van der Waals surface area contributed by atoms with E-state index < -0.39 is 6.04 Å². The van der Waals surface area contributed by atoms with Crippen molar-refractivity contribution in [2.24, 2.45) is 0 Å². The van der Waals surface area contributed by atoms with E-state index in [1.165, 1.54) is 0 Å². The van der Waals surface area contributed by atoms with E-state index in [4.69, 9.17) is 12.5 Å². The van der Waals surface area contributed by atoms with Gasteiger partial charge in [-0.25, -0.2) is 0 Å². The second-order valence-electron chi connectivity index (χ2n) is 9.77. The van der Waals surface area contributed by atoms with Crippen LogP contribution in [-0.2, 0) is 12.6 Å². The highest BCUT2D eigenvalue weighted by atomic mass is 127. The molecule has 1 aromatic heterocycles. The Morgan fingerprint density at radius 1 is 1.17 bits per heavy atom. The number of ketones is 1. The summed E-state index contributed by atoms with van der Waals surface area (Å²) in [7, 11) is 0. The van der Waals surface area contributed by atoms with E-state index in [2.05, 4.69) is 30.0 Å². The van der Waals surface area contributed by atoms with Crippen LogP contribution in [0.2, 0.25) is 0 Å². The molecular weight excluding hydrogens is 645 g/mol. The Morgan fingerprint density at radius 2 is 1.93 bits per heavy atom. The lowest BCUT2D eigenvalue weighted by Gasteiger charge is -2.28. The Morgan fingerprint density at radius 3 is 2.55 bits per heavy atom. The van der Waals surface area contributed by atoms with E-state index >= 15 is 0 Å². The quantitative estimate of drug-likeness (QED) is 0.0800. The highest BCUT2D eigenvalue weighted by Gasteiger charge is 2.44. The predicted molar refractivity (Wildman–Crippen MR) is 174 cm³/mol. The molecule has 0 aliphatic carbocycles. The molecule has 9 heteroatoms. The summed E-state index contributed by atoms with van der Waals surface area (Å²) < 4.78 is 17.0. The van der Waals surface area contributed by atoms with E-state index in [9.17, 15) is 9.59 Å². The molecule has 2 heterocycles. The van der Waals surface area contributed by atoms with E-state index in [0.717, 1.165) is 42.8 Å². The molecule has 1 amide bonds. The zero-order valence-electron chi connectivity index (χ0n) is 24.7. The maximum absolute atomic E-state index is 14.1. The van der Waals surface area contributed by atoms with Gasteiger partial charge in [-0.05, 0) is 80.4 Å². The van der Waals surface area contributed by atoms with Gasteiger partial charge in [-0.2, -0.15) is 0 Å². The molecule has 0 spiro atoms. The van der Waals surface area contributed by atoms with E-state index in [-0.39, 0.29) is 17.4 Å². The second-order valence-corrected chi connectivity index (χ2v) is 10.2. The summed E-state index contributed by atoms with van der Waals surface area (Å²) in [5.74, 6) is 0.158. The fourth-order valence-corrected chi connectivity index (χ4v) is 5.32. The number of allylic oxidation sites excluding steroid dienone is 2. The molecular formula is C33H40IN3O5. The second kappa shape index (κ2) is 17.0. The van der Waals surface area contributed by atoms with Crippen LogP contribution in [0.25, 0.3) is 0 Å². The van der Waals surface area contributed by atoms with Crippen LogP contribution in [0.4, 0.5) is 0 Å². The number of carbonyl (C=O) groups is 2. The largest absolute Gasteiger partial charge is 0.489 e. The zero-order valence-corrected chi connectivity index (χ0v) is 26.8. The molecule has 0 N–H and O–H groups in total. The molecule has 0 bridgehead atoms. The Kier molecular flexibility index (Phi) is 13.4. The number of nitrogens with zero attached hydrogens (tertiary/aromatic N) is 3. The van der Waals surface area contributed by atoms with Gasteiger partial charge in [0.25, 0.3) is 5.91 Å². The average Bonchev–Trinajstić information content (AvgIpc) is 3.29. The zero-order chi connectivity index (χ0) is 30.5. The Hall–Kier alpha value is -3.28. The van der Waals surface area contributed by atoms with Gasteiger partial charge in [0.15, 0.2) is 28.8 Å². The Balaban J connectivity index is 1.87. The van der Waals surface area contributed by atoms with Crippen molar-refractivity contribution in [1.82, 2.24) is 14.8 Å². The third kappa shape index (κ3) is 8.39. The fraction of sp³-hybridized carbons (Fsp3) is 0.364. The van der Waals surface area contributed by atoms with Crippen molar-refractivity contribution >= 4 is 34.7 Å². The van der Waals surface area contributed by atoms with Crippen LogP contribution in [-0.4, -0.2) is 72.5 Å². The lowest BCUT2D eigenvalue weighted by Crippen LogP contribution is -2.35. The van der Waals surface area contributed by atoms with Gasteiger partial charge in [0.1, 0.15) is 12.4 Å². The summed E-state index contributed by atoms with van der Waals surface area (Å²) in [4.78, 5) is 35.9. The highest BCUT2D eigenvalue weighted by Crippen LogP contribution is 2.41. The van der Waals surface area contributed by atoms with Crippen LogP contribution in [0.1, 0.15) is 47.8 Å². The van der Waals surface area contributed by atoms with Crippen molar-refractivity contribution in [2.75, 3.05) is 46.0 Å². The van der Waals surface area contributed by atoms with Gasteiger partial charge >= 0.3 is 0 Å². The Bertz CT molecular complexity index is 1310. The van der Waals surface area contributed by atoms with Crippen LogP contribution < -0.4 is 4.74 Å². The SMILES string of the molecule is C=C/C=C(\C=C)COc1ccc(C(=O)C2=C(OI)C(=O)N(CCCN(CC)CCOCC)C2c2ccncc2)cc1C. The van der Waals surface area contributed by atoms with E-state index in [0.29, 0.717) is 43.3 Å². The summed E-state index contributed by atoms with van der Waals surface area (Å²) in [5, 5.41) is 0. The first kappa shape index (κ1) is 33.2. The number of aromatic nitrogens is 1. The Labute approximate surface area is 263 Å². The third-order valence-electron chi connectivity index (χ3n) is 7.13. The number of rotatable bonds is 18. The minimum atomic E-state index is -0.591. The van der Waals surface area contributed by atoms with Crippen molar-refractivity contribution in [1.29, 1.82) is 0 Å². The fourth-order valence-electron chi connectivity index (χ4n) is 4.89. The lowest BCUT2D eigenvalue weighted by atomic mass is 9.92. The van der Waals surface area contributed by atoms with Crippen LogP contribution in [0.3, 0.4) is 0 Å². The van der Waals surface area contributed by atoms with Crippen molar-refractivity contribution in [3.8, 4) is 5.75 Å². The summed E-state index contributed by atoms with van der Waals surface area (Å²) >= 11 is 1.69. The van der Waals surface area contributed by atoms with Crippen molar-refractivity contribution < 1.29 is 22.1 Å². The van der Waals surface area contributed by atoms with Gasteiger partial charge in [-0.15, -0.1) is 0 Å². The van der Waals surface area contributed by atoms with E-state index in [1.807, 2.05) is 32.1 Å². The monoisotopic (exact) mass is 685 g/mol. The van der Waals surface area contributed by atoms with Crippen molar-refractivity contribution in [3.05, 3.63) is 108 Å². The number of hydrogen-bond donors (Lipinski definition) is 0. The molecule has 2 aromatic rings. The molecule has 0 fully saturated rings. The number of aryl methyl sites for hydroxylation is 1. The third-order valence-corrected chi connectivity index (χ3v) is 7.57. The molecule has 1 unspecified atom stereocenters. The molecule has 42 heavy (non-hydrogen) atoms. The summed E-state index contributed by atoms with van der Waals surface area (Å²) in [6, 6.07) is 8.37. The first-order valence-electron chi connectivity index (χ1n) is 14.2. The van der Waals surface area contributed by atoms with Crippen LogP contribution in [0.15, 0.2) is 91.0 Å². The number of pyridine rings is 1. The van der Waals surface area contributed by atoms with Crippen molar-refractivity contribution in [2.45, 2.75) is 33.2 Å². The number of likely N-dealkylation sites (N-methyl/N-ethyl adjacent to an activating group) is 1. The normalized spacial score (nSPS) is 15.4. The lowest BCUT2D eigenvalue weighted by molar-refractivity contribution is -0.128. The number of amides is 1. The first-order chi connectivity index (χ1) is 20.4. The molecule has 1 aliphatic rings. The maximum atomic E-state index is 14.1. The predicted octanol–water partition coefficient (Wildman–Crippen LogP) is 6.20. The van der Waals surface area contributed by atoms with Gasteiger partial charge in [0.2, 0.25) is 5.76 Å². The first-order valence-corrected chi connectivity index (χ1v) is 15.0. The smallest absolute Gasteiger partial charge is 0.291 e. The van der Waals surface area contributed by atoms with Crippen molar-refractivity contribution in [3.63, 3.8) is 0 Å². The summed E-state index contributed by atoms with van der Waals surface area (Å²) in [5.41, 5.74) is 3.26. The molecule has 0 radical (unpaired) electrons. The molecule has 1 aromatic carbocycles. The van der Waals surface area contributed by atoms with Gasteiger partial charge in [0.05, 0.1) is 18.2 Å². The summed E-state index contributed by atoms with van der Waals surface area (Å²) in [6.45, 7) is 18.2. The van der Waals surface area contributed by atoms with Gasteiger partial charge < -0.3 is 22.3 Å². The topological polar surface area (TPSA) is 81.2 Å². The van der Waals surface area contributed by atoms with E-state index in [1.54, 1.807) is 70.7 Å². The highest BCUT2D eigenvalue weighted by molar-refractivity contribution is 14.1. The van der Waals surface area contributed by atoms with Gasteiger partial charge in [-0.3, -0.25) is 14.6 Å². The molecule has 0 saturated carbocycles. The molecule has 0 saturated heterocycles. The number of hydrogen-bond acceptors (Lipinski definition) is 7. The van der Waals surface area contributed by atoms with Crippen LogP contribution in [0.5, 0.6) is 5.75 Å². The minimum absolute atomic E-state index is 0.0641.